The summed E-state index contributed by atoms with van der Waals surface area (Å²) in [4.78, 5) is 27.8. The zero-order chi connectivity index (χ0) is 18.3. The van der Waals surface area contributed by atoms with Crippen molar-refractivity contribution in [1.29, 1.82) is 0 Å². The molecule has 0 aliphatic carbocycles. The first-order valence-corrected chi connectivity index (χ1v) is 8.48. The first-order chi connectivity index (χ1) is 11.8. The molecule has 2 heterocycles. The highest BCUT2D eigenvalue weighted by Gasteiger charge is 2.16. The van der Waals surface area contributed by atoms with Gasteiger partial charge in [-0.25, -0.2) is 0 Å². The lowest BCUT2D eigenvalue weighted by Gasteiger charge is -2.07. The number of carbonyl (C=O) groups excluding carboxylic acids is 1. The number of hydrogen-bond donors (Lipinski definition) is 0. The smallest absolute Gasteiger partial charge is 0.297 e. The Kier molecular flexibility index (Phi) is 4.25. The number of benzene rings is 1. The summed E-state index contributed by atoms with van der Waals surface area (Å²) in [5, 5.41) is 15.2. The molecule has 0 aliphatic heterocycles. The van der Waals surface area contributed by atoms with E-state index in [0.29, 0.717) is 15.2 Å². The molecule has 3 aromatic rings. The van der Waals surface area contributed by atoms with Crippen LogP contribution >= 0.6 is 11.3 Å². The van der Waals surface area contributed by atoms with Gasteiger partial charge in [-0.2, -0.15) is 10.1 Å². The Bertz CT molecular complexity index is 1060. The van der Waals surface area contributed by atoms with Gasteiger partial charge in [-0.15, -0.1) is 0 Å². The summed E-state index contributed by atoms with van der Waals surface area (Å²) >= 11 is 1.24. The van der Waals surface area contributed by atoms with Crippen LogP contribution in [-0.2, 0) is 7.05 Å². The summed E-state index contributed by atoms with van der Waals surface area (Å²) in [6, 6.07) is 6.35. The highest BCUT2D eigenvalue weighted by molar-refractivity contribution is 7.16. The maximum atomic E-state index is 12.6. The van der Waals surface area contributed by atoms with Gasteiger partial charge >= 0.3 is 0 Å². The molecule has 25 heavy (non-hydrogen) atoms. The highest BCUT2D eigenvalue weighted by atomic mass is 32.1. The maximum Gasteiger partial charge on any atom is 0.297 e. The van der Waals surface area contributed by atoms with Gasteiger partial charge in [0.25, 0.3) is 11.6 Å². The van der Waals surface area contributed by atoms with Crippen LogP contribution in [0, 0.1) is 17.0 Å². The van der Waals surface area contributed by atoms with E-state index in [1.165, 1.54) is 23.5 Å². The fraction of sp³-hybridized carbons (Fsp3) is 0.312. The van der Waals surface area contributed by atoms with Gasteiger partial charge in [0.15, 0.2) is 4.80 Å². The quantitative estimate of drug-likeness (QED) is 0.530. The lowest BCUT2D eigenvalue weighted by atomic mass is 10.3. The molecule has 0 radical (unpaired) electrons. The van der Waals surface area contributed by atoms with Crippen molar-refractivity contribution < 1.29 is 9.72 Å². The molecule has 9 heteroatoms. The number of aromatic nitrogens is 3. The van der Waals surface area contributed by atoms with Gasteiger partial charge in [0, 0.05) is 25.2 Å². The molecule has 0 spiro atoms. The highest BCUT2D eigenvalue weighted by Crippen LogP contribution is 2.22. The number of nitro benzene ring substituents is 1. The Hall–Kier alpha value is -2.81. The lowest BCUT2D eigenvalue weighted by Crippen LogP contribution is -2.16. The molecule has 3 rings (SSSR count). The van der Waals surface area contributed by atoms with E-state index in [2.05, 4.69) is 10.1 Å². The zero-order valence-electron chi connectivity index (χ0n) is 14.3. The van der Waals surface area contributed by atoms with Crippen molar-refractivity contribution in [1.82, 2.24) is 14.3 Å². The van der Waals surface area contributed by atoms with Crippen LogP contribution in [0.3, 0.4) is 0 Å². The predicted molar refractivity (Wildman–Crippen MR) is 94.7 cm³/mol. The van der Waals surface area contributed by atoms with E-state index in [9.17, 15) is 14.9 Å². The molecule has 0 N–H and O–H groups in total. The van der Waals surface area contributed by atoms with Crippen LogP contribution in [0.5, 0.6) is 0 Å². The second kappa shape index (κ2) is 6.25. The van der Waals surface area contributed by atoms with Gasteiger partial charge in [0.1, 0.15) is 5.69 Å². The first kappa shape index (κ1) is 17.0. The number of carbonyl (C=O) groups is 1. The molecule has 0 aliphatic rings. The van der Waals surface area contributed by atoms with Crippen LogP contribution in [-0.4, -0.2) is 25.2 Å². The summed E-state index contributed by atoms with van der Waals surface area (Å²) in [7, 11) is 1.78. The van der Waals surface area contributed by atoms with Gasteiger partial charge in [-0.3, -0.25) is 19.6 Å². The van der Waals surface area contributed by atoms with E-state index >= 15 is 0 Å². The van der Waals surface area contributed by atoms with E-state index in [0.717, 1.165) is 11.2 Å². The van der Waals surface area contributed by atoms with Gasteiger partial charge in [0.2, 0.25) is 0 Å². The topological polar surface area (TPSA) is 95.3 Å². The minimum atomic E-state index is -0.439. The standard InChI is InChI=1S/C16H17N5O3S/c1-9(2)20-13(7-10(3)18-20)15(22)17-16-19(4)12-6-5-11(21(23)24)8-14(12)25-16/h5-9H,1-4H3. The summed E-state index contributed by atoms with van der Waals surface area (Å²) in [5.74, 6) is -0.383. The molecular formula is C16H17N5O3S. The molecule has 1 amide bonds. The fourth-order valence-corrected chi connectivity index (χ4v) is 3.61. The minimum Gasteiger partial charge on any atom is -0.319 e. The number of hydrogen-bond acceptors (Lipinski definition) is 5. The lowest BCUT2D eigenvalue weighted by molar-refractivity contribution is -0.384. The largest absolute Gasteiger partial charge is 0.319 e. The average molecular weight is 359 g/mol. The fourth-order valence-electron chi connectivity index (χ4n) is 2.56. The second-order valence-electron chi connectivity index (χ2n) is 5.98. The number of amides is 1. The molecule has 2 aromatic heterocycles. The number of aryl methyl sites for hydroxylation is 2. The third-order valence-electron chi connectivity index (χ3n) is 3.77. The number of rotatable bonds is 3. The van der Waals surface area contributed by atoms with Gasteiger partial charge in [-0.1, -0.05) is 11.3 Å². The third-order valence-corrected chi connectivity index (χ3v) is 4.86. The Morgan fingerprint density at radius 1 is 1.36 bits per heavy atom. The zero-order valence-corrected chi connectivity index (χ0v) is 15.1. The Labute approximate surface area is 147 Å². The molecular weight excluding hydrogens is 342 g/mol. The molecule has 0 unspecified atom stereocenters. The number of nitro groups is 1. The van der Waals surface area contributed by atoms with Crippen LogP contribution in [0.25, 0.3) is 10.2 Å². The molecule has 0 saturated carbocycles. The van der Waals surface area contributed by atoms with E-state index in [1.54, 1.807) is 28.4 Å². The van der Waals surface area contributed by atoms with Crippen molar-refractivity contribution in [2.75, 3.05) is 0 Å². The minimum absolute atomic E-state index is 0.0146. The predicted octanol–water partition coefficient (Wildman–Crippen LogP) is 2.97. The van der Waals surface area contributed by atoms with Crippen molar-refractivity contribution in [3.8, 4) is 0 Å². The normalized spacial score (nSPS) is 12.3. The second-order valence-corrected chi connectivity index (χ2v) is 6.99. The van der Waals surface area contributed by atoms with Gasteiger partial charge < -0.3 is 4.57 Å². The first-order valence-electron chi connectivity index (χ1n) is 7.67. The van der Waals surface area contributed by atoms with Crippen molar-refractivity contribution in [2.45, 2.75) is 26.8 Å². The molecule has 0 fully saturated rings. The molecule has 0 saturated heterocycles. The van der Waals surface area contributed by atoms with Crippen molar-refractivity contribution >= 4 is 33.1 Å². The molecule has 0 atom stereocenters. The van der Waals surface area contributed by atoms with Crippen LogP contribution in [0.1, 0.15) is 36.1 Å². The molecule has 8 nitrogen and oxygen atoms in total. The molecule has 130 valence electrons. The van der Waals surface area contributed by atoms with E-state index in [4.69, 9.17) is 0 Å². The van der Waals surface area contributed by atoms with Crippen LogP contribution < -0.4 is 4.80 Å². The van der Waals surface area contributed by atoms with E-state index in [-0.39, 0.29) is 17.6 Å². The van der Waals surface area contributed by atoms with Crippen LogP contribution in [0.15, 0.2) is 29.3 Å². The van der Waals surface area contributed by atoms with E-state index in [1.807, 2.05) is 20.8 Å². The van der Waals surface area contributed by atoms with Crippen molar-refractivity contribution in [2.24, 2.45) is 12.0 Å². The van der Waals surface area contributed by atoms with Gasteiger partial charge in [0.05, 0.1) is 20.8 Å². The number of fused-ring (bicyclic) bond motifs is 1. The van der Waals surface area contributed by atoms with Gasteiger partial charge in [-0.05, 0) is 32.9 Å². The number of nitrogens with zero attached hydrogens (tertiary/aromatic N) is 5. The summed E-state index contributed by atoms with van der Waals surface area (Å²) in [6.07, 6.45) is 0. The summed E-state index contributed by atoms with van der Waals surface area (Å²) in [5.41, 5.74) is 1.98. The van der Waals surface area contributed by atoms with Crippen molar-refractivity contribution in [3.05, 3.63) is 50.6 Å². The summed E-state index contributed by atoms with van der Waals surface area (Å²) in [6.45, 7) is 5.72. The molecule has 0 bridgehead atoms. The SMILES string of the molecule is Cc1cc(C(=O)N=c2sc3cc([N+](=O)[O-])ccc3n2C)n(C(C)C)n1. The number of non-ortho nitro benzene ring substituents is 1. The monoisotopic (exact) mass is 359 g/mol. The Balaban J connectivity index is 2.11. The Morgan fingerprint density at radius 3 is 2.72 bits per heavy atom. The van der Waals surface area contributed by atoms with Crippen molar-refractivity contribution in [3.63, 3.8) is 0 Å². The Morgan fingerprint density at radius 2 is 2.08 bits per heavy atom. The number of thiazole rings is 1. The van der Waals surface area contributed by atoms with E-state index < -0.39 is 4.92 Å². The third kappa shape index (κ3) is 3.10. The maximum absolute atomic E-state index is 12.6. The van der Waals surface area contributed by atoms with Crippen LogP contribution in [0.4, 0.5) is 5.69 Å². The average Bonchev–Trinajstić information content (AvgIpc) is 3.08. The molecule has 1 aromatic carbocycles. The summed E-state index contributed by atoms with van der Waals surface area (Å²) < 4.78 is 4.11. The van der Waals surface area contributed by atoms with Crippen LogP contribution in [0.2, 0.25) is 0 Å².